The molecule has 110 valence electrons. The molecule has 0 aliphatic carbocycles. The second kappa shape index (κ2) is 6.39. The van der Waals surface area contributed by atoms with Gasteiger partial charge < -0.3 is 10.1 Å². The summed E-state index contributed by atoms with van der Waals surface area (Å²) < 4.78 is 18.6. The lowest BCUT2D eigenvalue weighted by atomic mass is 10.1. The summed E-state index contributed by atoms with van der Waals surface area (Å²) in [5.41, 5.74) is 3.54. The van der Waals surface area contributed by atoms with Gasteiger partial charge in [0.1, 0.15) is 11.6 Å². The lowest BCUT2D eigenvalue weighted by molar-refractivity contribution is -0.118. The first-order valence-corrected chi connectivity index (χ1v) is 6.72. The van der Waals surface area contributed by atoms with Crippen LogP contribution in [0.1, 0.15) is 16.7 Å². The van der Waals surface area contributed by atoms with Gasteiger partial charge in [0.2, 0.25) is 0 Å². The van der Waals surface area contributed by atoms with Crippen molar-refractivity contribution >= 4 is 11.6 Å². The normalized spacial score (nSPS) is 10.3. The van der Waals surface area contributed by atoms with Crippen molar-refractivity contribution in [2.45, 2.75) is 20.8 Å². The largest absolute Gasteiger partial charge is 0.484 e. The number of anilines is 1. The number of hydrogen-bond donors (Lipinski definition) is 1. The summed E-state index contributed by atoms with van der Waals surface area (Å²) in [4.78, 5) is 11.8. The number of rotatable bonds is 4. The third-order valence-electron chi connectivity index (χ3n) is 3.32. The fraction of sp³-hybridized carbons (Fsp3) is 0.235. The summed E-state index contributed by atoms with van der Waals surface area (Å²) in [5, 5.41) is 2.64. The van der Waals surface area contributed by atoms with Crippen molar-refractivity contribution in [3.8, 4) is 5.75 Å². The molecule has 0 bridgehead atoms. The van der Waals surface area contributed by atoms with Crippen molar-refractivity contribution in [1.29, 1.82) is 0 Å². The van der Waals surface area contributed by atoms with E-state index >= 15 is 0 Å². The maximum absolute atomic E-state index is 13.1. The number of benzene rings is 2. The Labute approximate surface area is 123 Å². The molecular formula is C17H18FNO2. The van der Waals surface area contributed by atoms with Gasteiger partial charge in [0, 0.05) is 5.69 Å². The molecule has 21 heavy (non-hydrogen) atoms. The predicted molar refractivity (Wildman–Crippen MR) is 81.2 cm³/mol. The molecule has 1 N–H and O–H groups in total. The van der Waals surface area contributed by atoms with Crippen molar-refractivity contribution in [2.75, 3.05) is 11.9 Å². The van der Waals surface area contributed by atoms with Crippen LogP contribution in [0.25, 0.3) is 0 Å². The van der Waals surface area contributed by atoms with Crippen LogP contribution in [-0.2, 0) is 4.79 Å². The van der Waals surface area contributed by atoms with Crippen LogP contribution in [0.5, 0.6) is 5.75 Å². The molecule has 3 nitrogen and oxygen atoms in total. The molecule has 0 heterocycles. The van der Waals surface area contributed by atoms with Gasteiger partial charge in [0.25, 0.3) is 5.91 Å². The molecule has 1 amide bonds. The van der Waals surface area contributed by atoms with E-state index in [-0.39, 0.29) is 18.3 Å². The van der Waals surface area contributed by atoms with Gasteiger partial charge in [0.15, 0.2) is 6.61 Å². The molecule has 0 atom stereocenters. The van der Waals surface area contributed by atoms with Crippen LogP contribution in [0.3, 0.4) is 0 Å². The average molecular weight is 287 g/mol. The fourth-order valence-corrected chi connectivity index (χ4v) is 1.87. The molecule has 0 fully saturated rings. The third kappa shape index (κ3) is 4.05. The second-order valence-electron chi connectivity index (χ2n) is 5.04. The van der Waals surface area contributed by atoms with Crippen molar-refractivity contribution in [3.63, 3.8) is 0 Å². The van der Waals surface area contributed by atoms with Gasteiger partial charge in [-0.15, -0.1) is 0 Å². The zero-order valence-corrected chi connectivity index (χ0v) is 12.4. The van der Waals surface area contributed by atoms with Crippen LogP contribution in [0.15, 0.2) is 36.4 Å². The molecule has 0 saturated heterocycles. The first-order chi connectivity index (χ1) is 9.95. The van der Waals surface area contributed by atoms with Crippen LogP contribution >= 0.6 is 0 Å². The summed E-state index contributed by atoms with van der Waals surface area (Å²) >= 11 is 0. The number of ether oxygens (including phenoxy) is 1. The molecule has 4 heteroatoms. The fourth-order valence-electron chi connectivity index (χ4n) is 1.87. The highest BCUT2D eigenvalue weighted by Gasteiger charge is 2.07. The first-order valence-electron chi connectivity index (χ1n) is 6.72. The van der Waals surface area contributed by atoms with E-state index < -0.39 is 0 Å². The van der Waals surface area contributed by atoms with Crippen LogP contribution < -0.4 is 10.1 Å². The standard InChI is InChI=1S/C17H18FNO2/c1-11-5-7-15(8-13(11)3)21-10-17(20)19-16-9-14(18)6-4-12(16)2/h4-9H,10H2,1-3H3,(H,19,20). The number of nitrogens with one attached hydrogen (secondary N) is 1. The summed E-state index contributed by atoms with van der Waals surface area (Å²) in [5.74, 6) is -0.0582. The highest BCUT2D eigenvalue weighted by Crippen LogP contribution is 2.18. The molecule has 0 aliphatic rings. The summed E-state index contributed by atoms with van der Waals surface area (Å²) in [7, 11) is 0. The summed E-state index contributed by atoms with van der Waals surface area (Å²) in [6.07, 6.45) is 0. The summed E-state index contributed by atoms with van der Waals surface area (Å²) in [6.45, 7) is 5.69. The first kappa shape index (κ1) is 15.0. The van der Waals surface area contributed by atoms with Gasteiger partial charge in [-0.2, -0.15) is 0 Å². The Hall–Kier alpha value is -2.36. The van der Waals surface area contributed by atoms with E-state index in [1.54, 1.807) is 13.0 Å². The molecule has 0 saturated carbocycles. The Bertz CT molecular complexity index is 668. The van der Waals surface area contributed by atoms with Crippen LogP contribution in [0.4, 0.5) is 10.1 Å². The Balaban J connectivity index is 1.95. The quantitative estimate of drug-likeness (QED) is 0.929. The van der Waals surface area contributed by atoms with E-state index in [2.05, 4.69) is 5.32 Å². The van der Waals surface area contributed by atoms with Gasteiger partial charge in [-0.25, -0.2) is 4.39 Å². The zero-order valence-electron chi connectivity index (χ0n) is 12.4. The van der Waals surface area contributed by atoms with Gasteiger partial charge in [-0.05, 0) is 61.7 Å². The Kier molecular flexibility index (Phi) is 4.58. The minimum Gasteiger partial charge on any atom is -0.484 e. The van der Waals surface area contributed by atoms with E-state index in [9.17, 15) is 9.18 Å². The van der Waals surface area contributed by atoms with Crippen molar-refractivity contribution < 1.29 is 13.9 Å². The van der Waals surface area contributed by atoms with E-state index in [4.69, 9.17) is 4.74 Å². The van der Waals surface area contributed by atoms with Crippen molar-refractivity contribution in [1.82, 2.24) is 0 Å². The van der Waals surface area contributed by atoms with Gasteiger partial charge >= 0.3 is 0 Å². The molecular weight excluding hydrogens is 269 g/mol. The maximum Gasteiger partial charge on any atom is 0.262 e. The van der Waals surface area contributed by atoms with Crippen molar-refractivity contribution in [2.24, 2.45) is 0 Å². The van der Waals surface area contributed by atoms with Gasteiger partial charge in [0.05, 0.1) is 0 Å². The number of amides is 1. The number of carbonyl (C=O) groups is 1. The Morgan fingerprint density at radius 3 is 2.48 bits per heavy atom. The minimum absolute atomic E-state index is 0.113. The van der Waals surface area contributed by atoms with Gasteiger partial charge in [-0.1, -0.05) is 12.1 Å². The average Bonchev–Trinajstić information content (AvgIpc) is 2.44. The molecule has 2 aromatic rings. The minimum atomic E-state index is -0.383. The van der Waals surface area contributed by atoms with E-state index in [0.717, 1.165) is 11.1 Å². The van der Waals surface area contributed by atoms with E-state index in [1.807, 2.05) is 32.0 Å². The molecule has 2 aromatic carbocycles. The second-order valence-corrected chi connectivity index (χ2v) is 5.04. The van der Waals surface area contributed by atoms with Crippen LogP contribution in [0, 0.1) is 26.6 Å². The number of aryl methyl sites for hydroxylation is 3. The molecule has 2 rings (SSSR count). The predicted octanol–water partition coefficient (Wildman–Crippen LogP) is 3.77. The Morgan fingerprint density at radius 1 is 1.05 bits per heavy atom. The number of halogens is 1. The smallest absolute Gasteiger partial charge is 0.262 e. The monoisotopic (exact) mass is 287 g/mol. The topological polar surface area (TPSA) is 38.3 Å². The van der Waals surface area contributed by atoms with E-state index in [1.165, 1.54) is 17.7 Å². The molecule has 0 radical (unpaired) electrons. The van der Waals surface area contributed by atoms with Crippen molar-refractivity contribution in [3.05, 3.63) is 58.9 Å². The van der Waals surface area contributed by atoms with Crippen LogP contribution in [-0.4, -0.2) is 12.5 Å². The highest BCUT2D eigenvalue weighted by atomic mass is 19.1. The third-order valence-corrected chi connectivity index (χ3v) is 3.32. The molecule has 0 aliphatic heterocycles. The lowest BCUT2D eigenvalue weighted by Gasteiger charge is -2.10. The van der Waals surface area contributed by atoms with E-state index in [0.29, 0.717) is 11.4 Å². The lowest BCUT2D eigenvalue weighted by Crippen LogP contribution is -2.20. The zero-order chi connectivity index (χ0) is 15.4. The maximum atomic E-state index is 13.1. The SMILES string of the molecule is Cc1ccc(OCC(=O)Nc2cc(F)ccc2C)cc1C. The number of hydrogen-bond acceptors (Lipinski definition) is 2. The molecule has 0 spiro atoms. The molecule has 0 aromatic heterocycles. The Morgan fingerprint density at radius 2 is 1.76 bits per heavy atom. The summed E-state index contributed by atoms with van der Waals surface area (Å²) in [6, 6.07) is 9.92. The number of carbonyl (C=O) groups excluding carboxylic acids is 1. The molecule has 0 unspecified atom stereocenters. The van der Waals surface area contributed by atoms with Crippen LogP contribution in [0.2, 0.25) is 0 Å². The van der Waals surface area contributed by atoms with Gasteiger partial charge in [-0.3, -0.25) is 4.79 Å². The highest BCUT2D eigenvalue weighted by molar-refractivity contribution is 5.92.